The zero-order valence-corrected chi connectivity index (χ0v) is 10.4. The van der Waals surface area contributed by atoms with Crippen LogP contribution >= 0.6 is 0 Å². The zero-order chi connectivity index (χ0) is 12.2. The Kier molecular flexibility index (Phi) is 4.26. The smallest absolute Gasteiger partial charge is 0.208 e. The molecule has 0 aliphatic carbocycles. The second-order valence-corrected chi connectivity index (χ2v) is 5.49. The van der Waals surface area contributed by atoms with Gasteiger partial charge in [0.05, 0.1) is 4.90 Å². The van der Waals surface area contributed by atoms with Gasteiger partial charge in [-0.2, -0.15) is 0 Å². The number of sulfonamides is 1. The van der Waals surface area contributed by atoms with Crippen LogP contribution in [0.5, 0.6) is 0 Å². The van der Waals surface area contributed by atoms with Gasteiger partial charge in [-0.05, 0) is 31.9 Å². The van der Waals surface area contributed by atoms with Crippen LogP contribution < -0.4 is 4.72 Å². The Morgan fingerprint density at radius 1 is 1.44 bits per heavy atom. The third-order valence-corrected chi connectivity index (χ3v) is 4.01. The van der Waals surface area contributed by atoms with Gasteiger partial charge in [-0.15, -0.1) is 6.58 Å². The van der Waals surface area contributed by atoms with Crippen molar-refractivity contribution in [2.75, 3.05) is 0 Å². The molecular weight excluding hydrogens is 222 g/mol. The summed E-state index contributed by atoms with van der Waals surface area (Å²) in [6.45, 7) is 7.19. The number of aryl methyl sites for hydroxylation is 1. The average molecular weight is 239 g/mol. The van der Waals surface area contributed by atoms with Crippen LogP contribution in [0.3, 0.4) is 0 Å². The van der Waals surface area contributed by atoms with E-state index in [4.69, 9.17) is 0 Å². The summed E-state index contributed by atoms with van der Waals surface area (Å²) in [4.78, 5) is 0.339. The van der Waals surface area contributed by atoms with Crippen molar-refractivity contribution >= 4 is 10.0 Å². The molecule has 0 fully saturated rings. The predicted molar refractivity (Wildman–Crippen MR) is 65.8 cm³/mol. The Balaban J connectivity index is 2.95. The summed E-state index contributed by atoms with van der Waals surface area (Å²) in [6, 6.07) is 6.80. The Bertz CT molecular complexity index is 466. The summed E-state index contributed by atoms with van der Waals surface area (Å²) in [5.41, 5.74) is 0.751. The van der Waals surface area contributed by atoms with Crippen molar-refractivity contribution < 1.29 is 8.42 Å². The monoisotopic (exact) mass is 239 g/mol. The highest BCUT2D eigenvalue weighted by molar-refractivity contribution is 7.89. The highest BCUT2D eigenvalue weighted by Crippen LogP contribution is 2.14. The lowest BCUT2D eigenvalue weighted by molar-refractivity contribution is 0.561. The fraction of sp³-hybridized carbons (Fsp3) is 0.333. The fourth-order valence-electron chi connectivity index (χ4n) is 1.48. The lowest BCUT2D eigenvalue weighted by Gasteiger charge is -2.13. The summed E-state index contributed by atoms with van der Waals surface area (Å²) in [5.74, 6) is 0. The van der Waals surface area contributed by atoms with Gasteiger partial charge in [-0.3, -0.25) is 0 Å². The van der Waals surface area contributed by atoms with E-state index in [1.165, 1.54) is 0 Å². The number of hydrogen-bond acceptors (Lipinski definition) is 2. The van der Waals surface area contributed by atoms with E-state index in [-0.39, 0.29) is 6.04 Å². The predicted octanol–water partition coefficient (Wildman–Crippen LogP) is 2.24. The molecule has 1 aromatic carbocycles. The third-order valence-electron chi connectivity index (χ3n) is 2.26. The molecule has 0 aliphatic heterocycles. The minimum atomic E-state index is -3.41. The standard InChI is InChI=1S/C12H17NO2S/c1-4-7-11(3)13-16(14,15)12-9-6-5-8-10(12)2/h4-6,8-9,11,13H,1,7H2,2-3H3. The van der Waals surface area contributed by atoms with Crippen molar-refractivity contribution in [2.45, 2.75) is 31.2 Å². The maximum absolute atomic E-state index is 12.0. The number of nitrogens with one attached hydrogen (secondary N) is 1. The van der Waals surface area contributed by atoms with Gasteiger partial charge in [0.1, 0.15) is 0 Å². The molecule has 1 aromatic rings. The third kappa shape index (κ3) is 3.18. The van der Waals surface area contributed by atoms with Gasteiger partial charge in [-0.1, -0.05) is 24.3 Å². The highest BCUT2D eigenvalue weighted by Gasteiger charge is 2.17. The van der Waals surface area contributed by atoms with E-state index in [1.807, 2.05) is 13.0 Å². The topological polar surface area (TPSA) is 46.2 Å². The number of rotatable bonds is 5. The molecule has 0 amide bonds. The molecule has 0 aromatic heterocycles. The minimum absolute atomic E-state index is 0.137. The van der Waals surface area contributed by atoms with Gasteiger partial charge < -0.3 is 0 Å². The molecule has 1 rings (SSSR count). The molecule has 0 radical (unpaired) electrons. The van der Waals surface area contributed by atoms with Crippen LogP contribution in [0.15, 0.2) is 41.8 Å². The van der Waals surface area contributed by atoms with Crippen LogP contribution in [0.1, 0.15) is 18.9 Å². The summed E-state index contributed by atoms with van der Waals surface area (Å²) in [5, 5.41) is 0. The molecule has 0 bridgehead atoms. The van der Waals surface area contributed by atoms with Crippen molar-refractivity contribution in [3.63, 3.8) is 0 Å². The van der Waals surface area contributed by atoms with E-state index in [9.17, 15) is 8.42 Å². The van der Waals surface area contributed by atoms with Gasteiger partial charge in [0.2, 0.25) is 10.0 Å². The summed E-state index contributed by atoms with van der Waals surface area (Å²) >= 11 is 0. The molecular formula is C12H17NO2S. The fourth-order valence-corrected chi connectivity index (χ4v) is 2.99. The molecule has 16 heavy (non-hydrogen) atoms. The van der Waals surface area contributed by atoms with Crippen LogP contribution in [0.25, 0.3) is 0 Å². The van der Waals surface area contributed by atoms with Crippen molar-refractivity contribution in [1.29, 1.82) is 0 Å². The zero-order valence-electron chi connectivity index (χ0n) is 9.60. The quantitative estimate of drug-likeness (QED) is 0.801. The molecule has 1 atom stereocenters. The van der Waals surface area contributed by atoms with Crippen LogP contribution in [-0.2, 0) is 10.0 Å². The second-order valence-electron chi connectivity index (χ2n) is 3.81. The molecule has 4 heteroatoms. The van der Waals surface area contributed by atoms with Crippen molar-refractivity contribution in [3.8, 4) is 0 Å². The van der Waals surface area contributed by atoms with Gasteiger partial charge in [0.15, 0.2) is 0 Å². The Hall–Kier alpha value is -1.13. The lowest BCUT2D eigenvalue weighted by Crippen LogP contribution is -2.32. The first-order valence-electron chi connectivity index (χ1n) is 5.16. The first-order chi connectivity index (χ1) is 7.47. The summed E-state index contributed by atoms with van der Waals surface area (Å²) < 4.78 is 26.6. The molecule has 1 N–H and O–H groups in total. The van der Waals surface area contributed by atoms with Crippen molar-refractivity contribution in [1.82, 2.24) is 4.72 Å². The SMILES string of the molecule is C=CCC(C)NS(=O)(=O)c1ccccc1C. The van der Waals surface area contributed by atoms with E-state index in [1.54, 1.807) is 31.2 Å². The van der Waals surface area contributed by atoms with Crippen LogP contribution in [0.4, 0.5) is 0 Å². The van der Waals surface area contributed by atoms with E-state index >= 15 is 0 Å². The van der Waals surface area contributed by atoms with E-state index in [0.717, 1.165) is 5.56 Å². The maximum Gasteiger partial charge on any atom is 0.241 e. The van der Waals surface area contributed by atoms with E-state index < -0.39 is 10.0 Å². The lowest BCUT2D eigenvalue weighted by atomic mass is 10.2. The molecule has 1 unspecified atom stereocenters. The van der Waals surface area contributed by atoms with Crippen LogP contribution in [0.2, 0.25) is 0 Å². The Morgan fingerprint density at radius 2 is 2.06 bits per heavy atom. The first kappa shape index (κ1) is 12.9. The normalized spacial score (nSPS) is 13.4. The van der Waals surface area contributed by atoms with Crippen LogP contribution in [0, 0.1) is 6.92 Å². The average Bonchev–Trinajstić information content (AvgIpc) is 2.17. The first-order valence-corrected chi connectivity index (χ1v) is 6.64. The number of hydrogen-bond donors (Lipinski definition) is 1. The summed E-state index contributed by atoms with van der Waals surface area (Å²) in [6.07, 6.45) is 2.32. The van der Waals surface area contributed by atoms with Crippen LogP contribution in [-0.4, -0.2) is 14.5 Å². The molecule has 0 spiro atoms. The minimum Gasteiger partial charge on any atom is -0.208 e. The van der Waals surface area contributed by atoms with Gasteiger partial charge in [0, 0.05) is 6.04 Å². The molecule has 0 aliphatic rings. The Labute approximate surface area is 97.2 Å². The number of benzene rings is 1. The largest absolute Gasteiger partial charge is 0.241 e. The molecule has 0 heterocycles. The maximum atomic E-state index is 12.0. The van der Waals surface area contributed by atoms with Gasteiger partial charge in [-0.25, -0.2) is 13.1 Å². The van der Waals surface area contributed by atoms with Gasteiger partial charge >= 0.3 is 0 Å². The highest BCUT2D eigenvalue weighted by atomic mass is 32.2. The molecule has 3 nitrogen and oxygen atoms in total. The van der Waals surface area contributed by atoms with Crippen molar-refractivity contribution in [2.24, 2.45) is 0 Å². The summed E-state index contributed by atoms with van der Waals surface area (Å²) in [7, 11) is -3.41. The second kappa shape index (κ2) is 5.27. The molecule has 88 valence electrons. The Morgan fingerprint density at radius 3 is 2.62 bits per heavy atom. The molecule has 0 saturated heterocycles. The van der Waals surface area contributed by atoms with E-state index in [2.05, 4.69) is 11.3 Å². The molecule has 0 saturated carbocycles. The van der Waals surface area contributed by atoms with Gasteiger partial charge in [0.25, 0.3) is 0 Å². The van der Waals surface area contributed by atoms with Crippen molar-refractivity contribution in [3.05, 3.63) is 42.5 Å². The van der Waals surface area contributed by atoms with E-state index in [0.29, 0.717) is 11.3 Å².